The zero-order chi connectivity index (χ0) is 15.9. The number of aryl methyl sites for hydroxylation is 1. The van der Waals surface area contributed by atoms with Gasteiger partial charge in [-0.15, -0.1) is 11.3 Å². The molecule has 0 aromatic carbocycles. The van der Waals surface area contributed by atoms with E-state index >= 15 is 0 Å². The van der Waals surface area contributed by atoms with Gasteiger partial charge in [-0.2, -0.15) is 5.10 Å². The van der Waals surface area contributed by atoms with Gasteiger partial charge in [0.25, 0.3) is 10.0 Å². The highest BCUT2D eigenvalue weighted by molar-refractivity contribution is 7.94. The molecule has 9 heteroatoms. The van der Waals surface area contributed by atoms with Crippen LogP contribution >= 0.6 is 11.3 Å². The van der Waals surface area contributed by atoms with Gasteiger partial charge in [0.1, 0.15) is 4.21 Å². The Morgan fingerprint density at radius 1 is 1.45 bits per heavy atom. The average Bonchev–Trinajstić information content (AvgIpc) is 3.03. The van der Waals surface area contributed by atoms with Crippen LogP contribution < -0.4 is 4.72 Å². The van der Waals surface area contributed by atoms with Crippen molar-refractivity contribution in [2.75, 3.05) is 11.3 Å². The molecule has 0 unspecified atom stereocenters. The van der Waals surface area contributed by atoms with Gasteiger partial charge in [-0.25, -0.2) is 8.42 Å². The number of nitrogens with zero attached hydrogens (tertiary/aromatic N) is 3. The number of fused-ring (bicyclic) bond motifs is 1. The van der Waals surface area contributed by atoms with Crippen LogP contribution in [0.2, 0.25) is 0 Å². The van der Waals surface area contributed by atoms with E-state index in [2.05, 4.69) is 9.82 Å². The number of nitrogens with one attached hydrogen (secondary N) is 1. The summed E-state index contributed by atoms with van der Waals surface area (Å²) in [6.07, 6.45) is 2.36. The van der Waals surface area contributed by atoms with Crippen LogP contribution in [0.1, 0.15) is 17.4 Å². The summed E-state index contributed by atoms with van der Waals surface area (Å²) in [6.45, 7) is 2.63. The number of amides is 1. The summed E-state index contributed by atoms with van der Waals surface area (Å²) in [5, 5.41) is 4.02. The molecule has 3 rings (SSSR count). The third-order valence-electron chi connectivity index (χ3n) is 3.51. The molecule has 2 aromatic heterocycles. The van der Waals surface area contributed by atoms with Crippen molar-refractivity contribution in [1.29, 1.82) is 0 Å². The van der Waals surface area contributed by atoms with Crippen molar-refractivity contribution >= 4 is 33.1 Å². The van der Waals surface area contributed by atoms with E-state index in [0.717, 1.165) is 10.4 Å². The smallest absolute Gasteiger partial charge is 0.272 e. The van der Waals surface area contributed by atoms with Crippen LogP contribution in [0.15, 0.2) is 22.5 Å². The van der Waals surface area contributed by atoms with E-state index < -0.39 is 10.0 Å². The number of aromatic nitrogens is 2. The summed E-state index contributed by atoms with van der Waals surface area (Å²) < 4.78 is 29.1. The summed E-state index contributed by atoms with van der Waals surface area (Å²) in [7, 11) is -1.92. The molecule has 0 aliphatic carbocycles. The number of carbonyl (C=O) groups is 1. The van der Waals surface area contributed by atoms with Gasteiger partial charge in [0.15, 0.2) is 5.82 Å². The normalized spacial score (nSPS) is 14.7. The summed E-state index contributed by atoms with van der Waals surface area (Å²) in [4.78, 5) is 14.2. The topological polar surface area (TPSA) is 84.3 Å². The van der Waals surface area contributed by atoms with Crippen LogP contribution in [0.5, 0.6) is 0 Å². The van der Waals surface area contributed by atoms with E-state index in [4.69, 9.17) is 0 Å². The molecule has 0 spiro atoms. The van der Waals surface area contributed by atoms with Crippen molar-refractivity contribution in [1.82, 2.24) is 14.7 Å². The first-order valence-corrected chi connectivity index (χ1v) is 9.05. The molecule has 0 saturated carbocycles. The highest BCUT2D eigenvalue weighted by Crippen LogP contribution is 2.31. The molecule has 0 saturated heterocycles. The Kier molecular flexibility index (Phi) is 3.69. The summed E-state index contributed by atoms with van der Waals surface area (Å²) >= 11 is 1.26. The Morgan fingerprint density at radius 3 is 2.86 bits per heavy atom. The second-order valence-electron chi connectivity index (χ2n) is 5.18. The predicted molar refractivity (Wildman–Crippen MR) is 83.1 cm³/mol. The van der Waals surface area contributed by atoms with E-state index in [1.807, 2.05) is 0 Å². The van der Waals surface area contributed by atoms with Gasteiger partial charge in [-0.1, -0.05) is 0 Å². The second kappa shape index (κ2) is 5.40. The number of rotatable bonds is 3. The van der Waals surface area contributed by atoms with Gasteiger partial charge < -0.3 is 4.90 Å². The lowest BCUT2D eigenvalue weighted by Gasteiger charge is -2.25. The van der Waals surface area contributed by atoms with E-state index in [0.29, 0.717) is 25.3 Å². The van der Waals surface area contributed by atoms with Crippen molar-refractivity contribution in [3.8, 4) is 0 Å². The third-order valence-corrected chi connectivity index (χ3v) is 6.57. The maximum atomic E-state index is 12.4. The molecule has 0 radical (unpaired) electrons. The van der Waals surface area contributed by atoms with Crippen LogP contribution in [0.4, 0.5) is 5.82 Å². The lowest BCUT2D eigenvalue weighted by atomic mass is 10.1. The first-order chi connectivity index (χ1) is 10.3. The molecule has 1 aliphatic rings. The number of sulfonamides is 1. The molecule has 0 fully saturated rings. The van der Waals surface area contributed by atoms with Crippen LogP contribution in [0.3, 0.4) is 0 Å². The van der Waals surface area contributed by atoms with Gasteiger partial charge in [0.2, 0.25) is 5.91 Å². The number of anilines is 1. The second-order valence-corrected chi connectivity index (χ2v) is 8.23. The lowest BCUT2D eigenvalue weighted by molar-refractivity contribution is -0.129. The zero-order valence-corrected chi connectivity index (χ0v) is 13.9. The maximum Gasteiger partial charge on any atom is 0.272 e. The molecule has 3 heterocycles. The molecule has 118 valence electrons. The van der Waals surface area contributed by atoms with E-state index in [1.54, 1.807) is 30.3 Å². The molecule has 22 heavy (non-hydrogen) atoms. The first kappa shape index (κ1) is 15.0. The molecule has 1 N–H and O–H groups in total. The van der Waals surface area contributed by atoms with E-state index in [1.165, 1.54) is 22.9 Å². The minimum atomic E-state index is -3.64. The third kappa shape index (κ3) is 2.86. The standard InChI is InChI=1S/C13H16N4O3S2/c1-9(18)17-6-3-11-10(8-17)7-13(21-11)22(19,20)15-12-4-5-16(2)14-12/h4-5,7H,3,6,8H2,1-2H3,(H,14,15). The Balaban J connectivity index is 1.85. The molecule has 1 aliphatic heterocycles. The van der Waals surface area contributed by atoms with E-state index in [-0.39, 0.29) is 10.1 Å². The minimum Gasteiger partial charge on any atom is -0.338 e. The Labute approximate surface area is 132 Å². The predicted octanol–water partition coefficient (Wildman–Crippen LogP) is 1.19. The fourth-order valence-corrected chi connectivity index (χ4v) is 4.90. The fraction of sp³-hybridized carbons (Fsp3) is 0.385. The SMILES string of the molecule is CC(=O)N1CCc2sc(S(=O)(=O)Nc3ccn(C)n3)cc2C1. The molecule has 7 nitrogen and oxygen atoms in total. The number of carbonyl (C=O) groups excluding carboxylic acids is 1. The van der Waals surface area contributed by atoms with Gasteiger partial charge in [-0.3, -0.25) is 14.2 Å². The zero-order valence-electron chi connectivity index (χ0n) is 12.2. The fourth-order valence-electron chi connectivity index (χ4n) is 2.36. The summed E-state index contributed by atoms with van der Waals surface area (Å²) in [5.41, 5.74) is 0.910. The molecule has 0 atom stereocenters. The molecule has 1 amide bonds. The Hall–Kier alpha value is -1.87. The molecule has 2 aromatic rings. The van der Waals surface area contributed by atoms with Gasteiger partial charge in [-0.05, 0) is 18.1 Å². The average molecular weight is 340 g/mol. The Morgan fingerprint density at radius 2 is 2.23 bits per heavy atom. The highest BCUT2D eigenvalue weighted by atomic mass is 32.2. The quantitative estimate of drug-likeness (QED) is 0.909. The van der Waals surface area contributed by atoms with Crippen molar-refractivity contribution in [3.63, 3.8) is 0 Å². The van der Waals surface area contributed by atoms with Crippen molar-refractivity contribution in [2.45, 2.75) is 24.1 Å². The maximum absolute atomic E-state index is 12.4. The van der Waals surface area contributed by atoms with Crippen molar-refractivity contribution in [2.24, 2.45) is 7.05 Å². The highest BCUT2D eigenvalue weighted by Gasteiger charge is 2.25. The first-order valence-electron chi connectivity index (χ1n) is 6.75. The van der Waals surface area contributed by atoms with E-state index in [9.17, 15) is 13.2 Å². The van der Waals surface area contributed by atoms with Crippen molar-refractivity contribution in [3.05, 3.63) is 28.8 Å². The van der Waals surface area contributed by atoms with Gasteiger partial charge >= 0.3 is 0 Å². The van der Waals surface area contributed by atoms with Gasteiger partial charge in [0, 0.05) is 44.2 Å². The minimum absolute atomic E-state index is 0.00728. The lowest BCUT2D eigenvalue weighted by Crippen LogP contribution is -2.33. The van der Waals surface area contributed by atoms with Crippen LogP contribution in [0.25, 0.3) is 0 Å². The van der Waals surface area contributed by atoms with Gasteiger partial charge in [0.05, 0.1) is 0 Å². The van der Waals surface area contributed by atoms with Crippen molar-refractivity contribution < 1.29 is 13.2 Å². The van der Waals surface area contributed by atoms with Crippen LogP contribution in [-0.4, -0.2) is 35.6 Å². The monoisotopic (exact) mass is 340 g/mol. The Bertz CT molecular complexity index is 822. The summed E-state index contributed by atoms with van der Waals surface area (Å²) in [5.74, 6) is 0.298. The van der Waals surface area contributed by atoms with Crippen LogP contribution in [-0.2, 0) is 34.8 Å². The number of hydrogen-bond acceptors (Lipinski definition) is 5. The molecule has 0 bridgehead atoms. The summed E-state index contributed by atoms with van der Waals surface area (Å²) in [6, 6.07) is 3.25. The van der Waals surface area contributed by atoms with Crippen LogP contribution in [0, 0.1) is 0 Å². The largest absolute Gasteiger partial charge is 0.338 e. The molecular formula is C13H16N4O3S2. The number of thiophene rings is 1. The molecular weight excluding hydrogens is 324 g/mol. The number of hydrogen-bond donors (Lipinski definition) is 1.